The van der Waals surface area contributed by atoms with Crippen molar-refractivity contribution in [3.63, 3.8) is 0 Å². The highest BCUT2D eigenvalue weighted by Crippen LogP contribution is 2.27. The minimum Gasteiger partial charge on any atom is -0.508 e. The van der Waals surface area contributed by atoms with Crippen molar-refractivity contribution in [1.29, 1.82) is 0 Å². The van der Waals surface area contributed by atoms with Crippen LogP contribution in [0.1, 0.15) is 0 Å². The summed E-state index contributed by atoms with van der Waals surface area (Å²) in [5.74, 6) is -0.0677. The average molecular weight is 338 g/mol. The molecule has 1 aromatic heterocycles. The second kappa shape index (κ2) is 6.07. The van der Waals surface area contributed by atoms with E-state index in [0.717, 1.165) is 12.1 Å². The van der Waals surface area contributed by atoms with Crippen molar-refractivity contribution >= 4 is 0 Å². The van der Waals surface area contributed by atoms with E-state index in [1.54, 1.807) is 12.1 Å². The maximum atomic E-state index is 12.1. The lowest BCUT2D eigenvalue weighted by molar-refractivity contribution is -0.274. The smallest absolute Gasteiger partial charge is 0.508 e. The van der Waals surface area contributed by atoms with E-state index < -0.39 is 6.36 Å². The zero-order chi connectivity index (χ0) is 17.2. The zero-order valence-electron chi connectivity index (χ0n) is 11.8. The summed E-state index contributed by atoms with van der Waals surface area (Å²) >= 11 is 0. The van der Waals surface area contributed by atoms with Gasteiger partial charge in [-0.1, -0.05) is 5.10 Å². The van der Waals surface area contributed by atoms with E-state index in [2.05, 4.69) is 20.3 Å². The predicted octanol–water partition coefficient (Wildman–Crippen LogP) is 3.06. The van der Waals surface area contributed by atoms with Gasteiger partial charge in [0, 0.05) is 0 Å². The maximum absolute atomic E-state index is 12.1. The number of ether oxygens (including phenoxy) is 2. The Hall–Kier alpha value is -3.30. The van der Waals surface area contributed by atoms with Crippen LogP contribution < -0.4 is 9.47 Å². The molecule has 0 saturated carbocycles. The number of phenols is 1. The molecule has 124 valence electrons. The molecule has 24 heavy (non-hydrogen) atoms. The van der Waals surface area contributed by atoms with Gasteiger partial charge < -0.3 is 14.6 Å². The van der Waals surface area contributed by atoms with Crippen LogP contribution in [-0.2, 0) is 0 Å². The van der Waals surface area contributed by atoms with Crippen LogP contribution in [0.2, 0.25) is 0 Å². The predicted molar refractivity (Wildman–Crippen MR) is 74.0 cm³/mol. The summed E-state index contributed by atoms with van der Waals surface area (Å²) in [6.07, 6.45) is -4.76. The number of aromatic nitrogens is 4. The fraction of sp³-hybridized carbons (Fsp3) is 0.0714. The number of aromatic hydroxyl groups is 1. The van der Waals surface area contributed by atoms with Crippen molar-refractivity contribution in [3.05, 3.63) is 48.5 Å². The molecule has 2 aromatic carbocycles. The molecule has 3 aromatic rings. The molecule has 1 heterocycles. The third-order valence-corrected chi connectivity index (χ3v) is 2.80. The molecule has 0 amide bonds. The molecule has 0 atom stereocenters. The van der Waals surface area contributed by atoms with E-state index >= 15 is 0 Å². The van der Waals surface area contributed by atoms with Gasteiger partial charge >= 0.3 is 12.4 Å². The number of tetrazole rings is 1. The summed E-state index contributed by atoms with van der Waals surface area (Å²) in [7, 11) is 0. The number of hydrogen-bond donors (Lipinski definition) is 1. The van der Waals surface area contributed by atoms with Gasteiger partial charge in [0.1, 0.15) is 17.2 Å². The highest BCUT2D eigenvalue weighted by molar-refractivity contribution is 5.38. The summed E-state index contributed by atoms with van der Waals surface area (Å²) in [5, 5.41) is 20.2. The van der Waals surface area contributed by atoms with Crippen LogP contribution in [-0.4, -0.2) is 31.7 Å². The van der Waals surface area contributed by atoms with Crippen LogP contribution in [0.3, 0.4) is 0 Å². The Labute approximate surface area is 132 Å². The molecule has 0 aliphatic rings. The van der Waals surface area contributed by atoms with E-state index in [1.165, 1.54) is 28.9 Å². The number of nitrogens with zero attached hydrogens (tertiary/aromatic N) is 4. The first-order chi connectivity index (χ1) is 11.4. The standard InChI is InChI=1S/C14H9F3N4O3/c15-14(16,17)24-12-7-5-11(6-8-12)23-13-18-19-20-21(13)9-1-3-10(22)4-2-9/h1-8,22H. The van der Waals surface area contributed by atoms with E-state index in [9.17, 15) is 18.3 Å². The first-order valence-corrected chi connectivity index (χ1v) is 6.52. The molecular weight excluding hydrogens is 329 g/mol. The number of benzene rings is 2. The van der Waals surface area contributed by atoms with Gasteiger partial charge in [-0.2, -0.15) is 4.68 Å². The number of rotatable bonds is 4. The van der Waals surface area contributed by atoms with Crippen LogP contribution in [0, 0.1) is 0 Å². The van der Waals surface area contributed by atoms with Gasteiger partial charge in [-0.25, -0.2) is 0 Å². The fourth-order valence-corrected chi connectivity index (χ4v) is 1.81. The van der Waals surface area contributed by atoms with Gasteiger partial charge in [0.15, 0.2) is 0 Å². The summed E-state index contributed by atoms with van der Waals surface area (Å²) in [6.45, 7) is 0. The minimum absolute atomic E-state index is 0.00480. The van der Waals surface area contributed by atoms with Gasteiger partial charge in [0.05, 0.1) is 5.69 Å². The highest BCUT2D eigenvalue weighted by atomic mass is 19.4. The third-order valence-electron chi connectivity index (χ3n) is 2.80. The molecule has 0 unspecified atom stereocenters. The SMILES string of the molecule is Oc1ccc(-n2nnnc2Oc2ccc(OC(F)(F)F)cc2)cc1. The Morgan fingerprint density at radius 2 is 1.54 bits per heavy atom. The molecule has 0 aliphatic carbocycles. The van der Waals surface area contributed by atoms with Crippen molar-refractivity contribution < 1.29 is 27.8 Å². The second-order valence-corrected chi connectivity index (χ2v) is 4.51. The lowest BCUT2D eigenvalue weighted by Gasteiger charge is -2.09. The zero-order valence-corrected chi connectivity index (χ0v) is 11.8. The Kier molecular flexibility index (Phi) is 3.94. The average Bonchev–Trinajstić information content (AvgIpc) is 2.97. The molecule has 0 saturated heterocycles. The number of phenolic OH excluding ortho intramolecular Hbond substituents is 1. The summed E-state index contributed by atoms with van der Waals surface area (Å²) < 4.78 is 46.8. The van der Waals surface area contributed by atoms with Gasteiger partial charge in [0.2, 0.25) is 0 Å². The molecule has 10 heteroatoms. The van der Waals surface area contributed by atoms with Crippen LogP contribution in [0.4, 0.5) is 13.2 Å². The molecule has 1 N–H and O–H groups in total. The lowest BCUT2D eigenvalue weighted by Crippen LogP contribution is -2.16. The van der Waals surface area contributed by atoms with E-state index in [-0.39, 0.29) is 23.3 Å². The minimum atomic E-state index is -4.76. The Bertz CT molecular complexity index is 817. The largest absolute Gasteiger partial charge is 0.573 e. The van der Waals surface area contributed by atoms with Crippen molar-refractivity contribution in [1.82, 2.24) is 20.2 Å². The van der Waals surface area contributed by atoms with Crippen LogP contribution >= 0.6 is 0 Å². The van der Waals surface area contributed by atoms with Gasteiger partial charge in [-0.15, -0.1) is 13.2 Å². The lowest BCUT2D eigenvalue weighted by atomic mass is 10.3. The van der Waals surface area contributed by atoms with Crippen molar-refractivity contribution in [2.24, 2.45) is 0 Å². The van der Waals surface area contributed by atoms with Crippen molar-refractivity contribution in [3.8, 4) is 28.9 Å². The normalized spacial score (nSPS) is 11.3. The number of halogens is 3. The quantitative estimate of drug-likeness (QED) is 0.787. The number of alkyl halides is 3. The molecule has 0 aliphatic heterocycles. The maximum Gasteiger partial charge on any atom is 0.573 e. The summed E-state index contributed by atoms with van der Waals surface area (Å²) in [6, 6.07) is 10.8. The Morgan fingerprint density at radius 3 is 2.17 bits per heavy atom. The first-order valence-electron chi connectivity index (χ1n) is 6.52. The monoisotopic (exact) mass is 338 g/mol. The Balaban J connectivity index is 1.77. The van der Waals surface area contributed by atoms with Gasteiger partial charge in [-0.05, 0) is 59.0 Å². The van der Waals surface area contributed by atoms with Crippen LogP contribution in [0.5, 0.6) is 23.3 Å². The van der Waals surface area contributed by atoms with Gasteiger partial charge in [0.25, 0.3) is 0 Å². The van der Waals surface area contributed by atoms with Crippen molar-refractivity contribution in [2.75, 3.05) is 0 Å². The van der Waals surface area contributed by atoms with E-state index in [0.29, 0.717) is 5.69 Å². The van der Waals surface area contributed by atoms with Crippen molar-refractivity contribution in [2.45, 2.75) is 6.36 Å². The van der Waals surface area contributed by atoms with Gasteiger partial charge in [-0.3, -0.25) is 0 Å². The van der Waals surface area contributed by atoms with Crippen LogP contribution in [0.25, 0.3) is 5.69 Å². The summed E-state index contributed by atoms with van der Waals surface area (Å²) in [4.78, 5) is 0. The molecule has 3 rings (SSSR count). The fourth-order valence-electron chi connectivity index (χ4n) is 1.81. The topological polar surface area (TPSA) is 82.3 Å². The molecule has 7 nitrogen and oxygen atoms in total. The molecule has 0 spiro atoms. The third kappa shape index (κ3) is 3.72. The highest BCUT2D eigenvalue weighted by Gasteiger charge is 2.31. The van der Waals surface area contributed by atoms with E-state index in [4.69, 9.17) is 4.74 Å². The van der Waals surface area contributed by atoms with E-state index in [1.807, 2.05) is 0 Å². The summed E-state index contributed by atoms with van der Waals surface area (Å²) in [5.41, 5.74) is 0.532. The molecule has 0 fully saturated rings. The van der Waals surface area contributed by atoms with Crippen LogP contribution in [0.15, 0.2) is 48.5 Å². The molecule has 0 radical (unpaired) electrons. The first kappa shape index (κ1) is 15.6. The second-order valence-electron chi connectivity index (χ2n) is 4.51. The molecule has 0 bridgehead atoms. The Morgan fingerprint density at radius 1 is 0.917 bits per heavy atom. The molecular formula is C14H9F3N4O3. The number of hydrogen-bond acceptors (Lipinski definition) is 6.